The second kappa shape index (κ2) is 9.13. The molecule has 2 aliphatic heterocycles. The molecule has 7 nitrogen and oxygen atoms in total. The molecule has 1 atom stereocenters. The molecular formula is C20H26N2O5SSi. The highest BCUT2D eigenvalue weighted by atomic mass is 32.2. The third-order valence-corrected chi connectivity index (χ3v) is 7.41. The van der Waals surface area contributed by atoms with Gasteiger partial charge >= 0.3 is 0 Å². The molecule has 156 valence electrons. The summed E-state index contributed by atoms with van der Waals surface area (Å²) in [4.78, 5) is 41.1. The number of thioether (sulfide) groups is 1. The molecule has 0 radical (unpaired) electrons. The molecule has 1 aromatic carbocycles. The molecule has 2 amide bonds. The second-order valence-electron chi connectivity index (χ2n) is 8.32. The van der Waals surface area contributed by atoms with Gasteiger partial charge in [-0.3, -0.25) is 14.4 Å². The van der Waals surface area contributed by atoms with E-state index in [1.165, 1.54) is 0 Å². The van der Waals surface area contributed by atoms with Crippen LogP contribution in [0.3, 0.4) is 0 Å². The third kappa shape index (κ3) is 5.93. The number of amidine groups is 1. The number of nitrogens with zero attached hydrogens (tertiary/aromatic N) is 1. The SMILES string of the molecule is C[Si](C)(C)CCCC1C(=O)N=C(SCC(=O)c2ccc3c(c2)OCCO3)NC1=O. The highest BCUT2D eigenvalue weighted by Gasteiger charge is 2.32. The van der Waals surface area contributed by atoms with Crippen LogP contribution >= 0.6 is 11.8 Å². The fourth-order valence-corrected chi connectivity index (χ4v) is 5.13. The molecule has 1 unspecified atom stereocenters. The molecule has 2 aliphatic rings. The van der Waals surface area contributed by atoms with E-state index in [-0.39, 0.29) is 22.6 Å². The van der Waals surface area contributed by atoms with E-state index < -0.39 is 19.9 Å². The van der Waals surface area contributed by atoms with Gasteiger partial charge in [0.25, 0.3) is 5.91 Å². The van der Waals surface area contributed by atoms with Crippen LogP contribution < -0.4 is 14.8 Å². The smallest absolute Gasteiger partial charge is 0.260 e. The van der Waals surface area contributed by atoms with E-state index in [0.717, 1.165) is 24.2 Å². The van der Waals surface area contributed by atoms with Crippen LogP contribution in [0.15, 0.2) is 23.2 Å². The number of fused-ring (bicyclic) bond motifs is 1. The molecule has 2 heterocycles. The Labute approximate surface area is 175 Å². The molecule has 3 rings (SSSR count). The summed E-state index contributed by atoms with van der Waals surface area (Å²) in [6.07, 6.45) is 1.37. The van der Waals surface area contributed by atoms with Crippen LogP contribution in [0.2, 0.25) is 25.7 Å². The minimum atomic E-state index is -1.20. The number of ketones is 1. The lowest BCUT2D eigenvalue weighted by Gasteiger charge is -2.21. The Hall–Kier alpha value is -2.13. The van der Waals surface area contributed by atoms with Crippen molar-refractivity contribution in [3.8, 4) is 11.5 Å². The zero-order valence-electron chi connectivity index (χ0n) is 16.9. The quantitative estimate of drug-likeness (QED) is 0.403. The highest BCUT2D eigenvalue weighted by Crippen LogP contribution is 2.31. The number of aliphatic imine (C=N–C) groups is 1. The van der Waals surface area contributed by atoms with Crippen molar-refractivity contribution in [1.82, 2.24) is 5.32 Å². The lowest BCUT2D eigenvalue weighted by Crippen LogP contribution is -2.43. The van der Waals surface area contributed by atoms with E-state index in [0.29, 0.717) is 36.7 Å². The molecule has 0 saturated heterocycles. The van der Waals surface area contributed by atoms with Crippen LogP contribution in [0.1, 0.15) is 23.2 Å². The molecule has 29 heavy (non-hydrogen) atoms. The first-order chi connectivity index (χ1) is 13.7. The maximum atomic E-state index is 12.5. The topological polar surface area (TPSA) is 94.1 Å². The molecule has 0 aromatic heterocycles. The average Bonchev–Trinajstić information content (AvgIpc) is 2.67. The van der Waals surface area contributed by atoms with Crippen molar-refractivity contribution in [3.05, 3.63) is 23.8 Å². The Balaban J connectivity index is 1.54. The second-order valence-corrected chi connectivity index (χ2v) is 14.9. The summed E-state index contributed by atoms with van der Waals surface area (Å²) in [6, 6.07) is 6.11. The van der Waals surface area contributed by atoms with Crippen molar-refractivity contribution in [1.29, 1.82) is 0 Å². The summed E-state index contributed by atoms with van der Waals surface area (Å²) in [5.74, 6) is -0.375. The van der Waals surface area contributed by atoms with Crippen LogP contribution in [0.25, 0.3) is 0 Å². The Morgan fingerprint density at radius 1 is 1.21 bits per heavy atom. The van der Waals surface area contributed by atoms with Crippen molar-refractivity contribution >= 4 is 42.6 Å². The van der Waals surface area contributed by atoms with Gasteiger partial charge in [-0.05, 0) is 24.6 Å². The Morgan fingerprint density at radius 3 is 2.62 bits per heavy atom. The summed E-state index contributed by atoms with van der Waals surface area (Å²) >= 11 is 1.06. The van der Waals surface area contributed by atoms with Gasteiger partial charge in [-0.25, -0.2) is 0 Å². The first-order valence-electron chi connectivity index (χ1n) is 9.72. The van der Waals surface area contributed by atoms with Gasteiger partial charge in [0.2, 0.25) is 5.91 Å². The van der Waals surface area contributed by atoms with Crippen molar-refractivity contribution in [3.63, 3.8) is 0 Å². The van der Waals surface area contributed by atoms with Crippen molar-refractivity contribution < 1.29 is 23.9 Å². The average molecular weight is 435 g/mol. The Bertz CT molecular complexity index is 850. The van der Waals surface area contributed by atoms with E-state index in [4.69, 9.17) is 9.47 Å². The van der Waals surface area contributed by atoms with Gasteiger partial charge in [0, 0.05) is 13.6 Å². The van der Waals surface area contributed by atoms with E-state index >= 15 is 0 Å². The normalized spacial score (nSPS) is 18.9. The maximum absolute atomic E-state index is 12.5. The summed E-state index contributed by atoms with van der Waals surface area (Å²) in [5.41, 5.74) is 0.486. The molecule has 0 saturated carbocycles. The molecule has 0 bridgehead atoms. The van der Waals surface area contributed by atoms with E-state index in [1.54, 1.807) is 18.2 Å². The van der Waals surface area contributed by atoms with Crippen LogP contribution in [0.4, 0.5) is 0 Å². The number of ether oxygens (including phenoxy) is 2. The number of hydrogen-bond donors (Lipinski definition) is 1. The van der Waals surface area contributed by atoms with Gasteiger partial charge in [-0.1, -0.05) is 43.9 Å². The van der Waals surface area contributed by atoms with E-state index in [2.05, 4.69) is 30.0 Å². The number of amides is 2. The summed E-state index contributed by atoms with van der Waals surface area (Å²) in [7, 11) is -1.20. The van der Waals surface area contributed by atoms with Gasteiger partial charge in [0.15, 0.2) is 22.4 Å². The highest BCUT2D eigenvalue weighted by molar-refractivity contribution is 8.14. The number of Topliss-reactive ketones (excluding diaryl/α,β-unsaturated/α-hetero) is 1. The van der Waals surface area contributed by atoms with Gasteiger partial charge in [-0.2, -0.15) is 4.99 Å². The monoisotopic (exact) mass is 434 g/mol. The lowest BCUT2D eigenvalue weighted by molar-refractivity contribution is -0.133. The lowest BCUT2D eigenvalue weighted by atomic mass is 10.0. The Morgan fingerprint density at radius 2 is 1.93 bits per heavy atom. The van der Waals surface area contributed by atoms with E-state index in [1.807, 2.05) is 0 Å². The fourth-order valence-electron chi connectivity index (χ4n) is 3.10. The largest absolute Gasteiger partial charge is 0.486 e. The Kier molecular flexibility index (Phi) is 6.79. The van der Waals surface area contributed by atoms with Crippen molar-refractivity contribution in [2.45, 2.75) is 38.5 Å². The summed E-state index contributed by atoms with van der Waals surface area (Å²) < 4.78 is 10.9. The molecule has 9 heteroatoms. The van der Waals surface area contributed by atoms with Crippen molar-refractivity contribution in [2.24, 2.45) is 10.9 Å². The molecule has 0 aliphatic carbocycles. The first-order valence-corrected chi connectivity index (χ1v) is 14.4. The predicted molar refractivity (Wildman–Crippen MR) is 116 cm³/mol. The zero-order valence-corrected chi connectivity index (χ0v) is 18.8. The van der Waals surface area contributed by atoms with Gasteiger partial charge in [0.05, 0.1) is 5.75 Å². The maximum Gasteiger partial charge on any atom is 0.260 e. The number of rotatable bonds is 7. The molecule has 0 fully saturated rings. The minimum Gasteiger partial charge on any atom is -0.486 e. The van der Waals surface area contributed by atoms with Gasteiger partial charge < -0.3 is 14.8 Å². The van der Waals surface area contributed by atoms with Crippen LogP contribution in [-0.4, -0.2) is 49.8 Å². The third-order valence-electron chi connectivity index (χ3n) is 4.68. The standard InChI is InChI=1S/C20H26N2O5SSi/c1-29(2,3)10-4-5-14-18(24)21-20(22-19(14)25)28-12-15(23)13-6-7-16-17(11-13)27-9-8-26-16/h6-7,11,14H,4-5,8-10,12H2,1-3H3,(H,21,22,24,25). The number of benzene rings is 1. The zero-order chi connectivity index (χ0) is 21.0. The van der Waals surface area contributed by atoms with Crippen LogP contribution in [0, 0.1) is 5.92 Å². The fraction of sp³-hybridized carbons (Fsp3) is 0.500. The number of carbonyl (C=O) groups excluding carboxylic acids is 3. The number of carbonyl (C=O) groups is 3. The summed E-state index contributed by atoms with van der Waals surface area (Å²) in [5, 5.41) is 2.86. The predicted octanol–water partition coefficient (Wildman–Crippen LogP) is 3.12. The minimum absolute atomic E-state index is 0.0618. The van der Waals surface area contributed by atoms with E-state index in [9.17, 15) is 14.4 Å². The molecule has 1 N–H and O–H groups in total. The van der Waals surface area contributed by atoms with Crippen LogP contribution in [0.5, 0.6) is 11.5 Å². The van der Waals surface area contributed by atoms with Crippen molar-refractivity contribution in [2.75, 3.05) is 19.0 Å². The number of hydrogen-bond acceptors (Lipinski definition) is 6. The molecule has 0 spiro atoms. The summed E-state index contributed by atoms with van der Waals surface area (Å²) in [6.45, 7) is 7.73. The molecular weight excluding hydrogens is 408 g/mol. The molecule has 1 aromatic rings. The van der Waals surface area contributed by atoms with Gasteiger partial charge in [-0.15, -0.1) is 0 Å². The number of nitrogens with one attached hydrogen (secondary N) is 1. The van der Waals surface area contributed by atoms with Gasteiger partial charge in [0.1, 0.15) is 19.1 Å². The first kappa shape index (κ1) is 21.6. The van der Waals surface area contributed by atoms with Crippen LogP contribution in [-0.2, 0) is 9.59 Å².